The van der Waals surface area contributed by atoms with Crippen LogP contribution in [-0.2, 0) is 17.9 Å². The van der Waals surface area contributed by atoms with Crippen LogP contribution in [0.2, 0.25) is 0 Å². The van der Waals surface area contributed by atoms with Crippen molar-refractivity contribution >= 4 is 35.0 Å². The highest BCUT2D eigenvalue weighted by Gasteiger charge is 2.23. The average molecular weight is 600 g/mol. The maximum Gasteiger partial charge on any atom is 0.326 e. The third-order valence-corrected chi connectivity index (χ3v) is 7.72. The van der Waals surface area contributed by atoms with E-state index in [-0.39, 0.29) is 6.54 Å². The number of anilines is 1. The van der Waals surface area contributed by atoms with Crippen LogP contribution in [0.3, 0.4) is 0 Å². The maximum atomic E-state index is 14.7. The molecule has 0 unspecified atom stereocenters. The number of halogens is 2. The summed E-state index contributed by atoms with van der Waals surface area (Å²) in [6, 6.07) is 22.3. The van der Waals surface area contributed by atoms with Crippen LogP contribution in [0.4, 0.5) is 20.2 Å². The predicted molar refractivity (Wildman–Crippen MR) is 167 cm³/mol. The lowest BCUT2D eigenvalue weighted by atomic mass is 9.93. The summed E-state index contributed by atoms with van der Waals surface area (Å²) in [6.07, 6.45) is 2.17. The molecule has 6 nitrogen and oxygen atoms in total. The molecule has 4 aromatic carbocycles. The fraction of sp³-hybridized carbons (Fsp3) is 0.206. The molecule has 0 spiro atoms. The van der Waals surface area contributed by atoms with E-state index in [2.05, 4.69) is 10.2 Å². The van der Waals surface area contributed by atoms with Gasteiger partial charge in [0.2, 0.25) is 0 Å². The second-order valence-corrected chi connectivity index (χ2v) is 11.0. The maximum absolute atomic E-state index is 14.7. The van der Waals surface area contributed by atoms with Crippen LogP contribution in [0.25, 0.3) is 16.0 Å². The van der Waals surface area contributed by atoms with E-state index >= 15 is 0 Å². The summed E-state index contributed by atoms with van der Waals surface area (Å²) in [7, 11) is 0. The Kier molecular flexibility index (Phi) is 10.5. The highest BCUT2D eigenvalue weighted by molar-refractivity contribution is 7.98. The van der Waals surface area contributed by atoms with Crippen molar-refractivity contribution < 1.29 is 23.5 Å². The third kappa shape index (κ3) is 7.99. The van der Waals surface area contributed by atoms with Crippen LogP contribution in [0.5, 0.6) is 0 Å². The number of carbonyl (C=O) groups is 2. The summed E-state index contributed by atoms with van der Waals surface area (Å²) < 4.78 is 28.3. The number of hydrogen-bond donors (Lipinski definition) is 2. The van der Waals surface area contributed by atoms with Crippen molar-refractivity contribution in [1.82, 2.24) is 5.32 Å². The molecule has 0 fully saturated rings. The molecular formula is C34H31F2N3O3S. The van der Waals surface area contributed by atoms with Crippen LogP contribution in [-0.4, -0.2) is 35.0 Å². The van der Waals surface area contributed by atoms with Crippen LogP contribution in [0.15, 0.2) is 84.9 Å². The Bertz CT molecular complexity index is 1650. The molecule has 0 radical (unpaired) electrons. The van der Waals surface area contributed by atoms with E-state index in [1.54, 1.807) is 36.4 Å². The molecule has 0 aliphatic heterocycles. The first-order valence-corrected chi connectivity index (χ1v) is 15.0. The van der Waals surface area contributed by atoms with Crippen molar-refractivity contribution in [2.45, 2.75) is 32.5 Å². The standard InChI is InChI=1S/C34H31F2N3O3S/c1-22-6-4-5-7-28(22)30-18-23(8-15-29(30)33(40)38-32(34(41)42)16-17-43-3)20-39(27-13-11-26(37-2)12-14-27)21-24-9-10-25(35)19-31(24)36/h4-15,18-19,32H,16-17,20-21H2,1,3H3,(H,38,40)(H,41,42)/t32-/m0/s1. The minimum absolute atomic E-state index is 0.126. The molecule has 0 aliphatic rings. The number of aryl methyl sites for hydroxylation is 1. The third-order valence-electron chi connectivity index (χ3n) is 7.07. The van der Waals surface area contributed by atoms with Crippen molar-refractivity contribution in [2.24, 2.45) is 0 Å². The second kappa shape index (κ2) is 14.5. The van der Waals surface area contributed by atoms with Crippen molar-refractivity contribution in [3.05, 3.63) is 130 Å². The van der Waals surface area contributed by atoms with Gasteiger partial charge in [-0.15, -0.1) is 0 Å². The number of hydrogen-bond acceptors (Lipinski definition) is 4. The highest BCUT2D eigenvalue weighted by Crippen LogP contribution is 2.31. The lowest BCUT2D eigenvalue weighted by molar-refractivity contribution is -0.139. The number of carboxylic acid groups (broad SMARTS) is 1. The van der Waals surface area contributed by atoms with Gasteiger partial charge in [-0.1, -0.05) is 48.5 Å². The van der Waals surface area contributed by atoms with E-state index in [0.717, 1.165) is 28.4 Å². The van der Waals surface area contributed by atoms with E-state index in [0.29, 0.717) is 41.1 Å². The van der Waals surface area contributed by atoms with Crippen LogP contribution in [0.1, 0.15) is 33.5 Å². The first kappa shape index (κ1) is 31.3. The number of carbonyl (C=O) groups excluding carboxylic acids is 1. The smallest absolute Gasteiger partial charge is 0.326 e. The molecule has 0 bridgehead atoms. The molecule has 4 rings (SSSR count). The summed E-state index contributed by atoms with van der Waals surface area (Å²) in [4.78, 5) is 30.6. The van der Waals surface area contributed by atoms with Gasteiger partial charge in [0.05, 0.1) is 6.57 Å². The Balaban J connectivity index is 1.74. The fourth-order valence-corrected chi connectivity index (χ4v) is 5.24. The van der Waals surface area contributed by atoms with Gasteiger partial charge in [0.25, 0.3) is 5.91 Å². The monoisotopic (exact) mass is 599 g/mol. The zero-order valence-electron chi connectivity index (χ0n) is 23.8. The van der Waals surface area contributed by atoms with E-state index in [1.165, 1.54) is 23.9 Å². The van der Waals surface area contributed by atoms with Gasteiger partial charge < -0.3 is 15.3 Å². The number of carboxylic acids is 1. The molecule has 0 heterocycles. The molecule has 9 heteroatoms. The van der Waals surface area contributed by atoms with Gasteiger partial charge in [0.1, 0.15) is 17.7 Å². The molecule has 1 atom stereocenters. The molecule has 220 valence electrons. The Morgan fingerprint density at radius 3 is 2.37 bits per heavy atom. The van der Waals surface area contributed by atoms with Crippen molar-refractivity contribution in [3.8, 4) is 11.1 Å². The molecule has 0 aromatic heterocycles. The van der Waals surface area contributed by atoms with Crippen molar-refractivity contribution in [3.63, 3.8) is 0 Å². The molecule has 4 aromatic rings. The number of nitrogens with zero attached hydrogens (tertiary/aromatic N) is 2. The fourth-order valence-electron chi connectivity index (χ4n) is 4.77. The average Bonchev–Trinajstić information content (AvgIpc) is 3.00. The van der Waals surface area contributed by atoms with Gasteiger partial charge in [0, 0.05) is 36.0 Å². The molecule has 0 saturated heterocycles. The molecule has 0 saturated carbocycles. The number of rotatable bonds is 12. The molecule has 1 amide bonds. The number of thioether (sulfide) groups is 1. The van der Waals surface area contributed by atoms with Gasteiger partial charge in [-0.25, -0.2) is 18.4 Å². The van der Waals surface area contributed by atoms with E-state index in [1.807, 2.05) is 48.4 Å². The first-order chi connectivity index (χ1) is 20.7. The Morgan fingerprint density at radius 2 is 1.72 bits per heavy atom. The van der Waals surface area contributed by atoms with Gasteiger partial charge in [-0.05, 0) is 77.9 Å². The molecule has 0 aliphatic carbocycles. The van der Waals surface area contributed by atoms with Gasteiger partial charge in [-0.3, -0.25) is 4.79 Å². The zero-order chi connectivity index (χ0) is 30.9. The molecule has 43 heavy (non-hydrogen) atoms. The van der Waals surface area contributed by atoms with Gasteiger partial charge in [0.15, 0.2) is 5.69 Å². The quantitative estimate of drug-likeness (QED) is 0.164. The number of amides is 1. The van der Waals surface area contributed by atoms with E-state index in [4.69, 9.17) is 6.57 Å². The minimum atomic E-state index is -1.09. The molecular weight excluding hydrogens is 568 g/mol. The highest BCUT2D eigenvalue weighted by atomic mass is 32.2. The van der Waals surface area contributed by atoms with E-state index < -0.39 is 29.6 Å². The van der Waals surface area contributed by atoms with Crippen molar-refractivity contribution in [2.75, 3.05) is 16.9 Å². The first-order valence-electron chi connectivity index (χ1n) is 13.6. The lowest BCUT2D eigenvalue weighted by Gasteiger charge is -2.26. The Labute approximate surface area is 254 Å². The summed E-state index contributed by atoms with van der Waals surface area (Å²) >= 11 is 1.51. The number of nitrogens with one attached hydrogen (secondary N) is 1. The van der Waals surface area contributed by atoms with E-state index in [9.17, 15) is 23.5 Å². The Morgan fingerprint density at radius 1 is 0.977 bits per heavy atom. The topological polar surface area (TPSA) is 74.0 Å². The SMILES string of the molecule is [C-]#[N+]c1ccc(N(Cc2ccc(C(=O)N[C@@H](CCSC)C(=O)O)c(-c3ccccc3C)c2)Cc2ccc(F)cc2F)cc1. The minimum Gasteiger partial charge on any atom is -0.480 e. The summed E-state index contributed by atoms with van der Waals surface area (Å²) in [5, 5.41) is 12.4. The van der Waals surface area contributed by atoms with Crippen molar-refractivity contribution in [1.29, 1.82) is 0 Å². The number of benzene rings is 4. The summed E-state index contributed by atoms with van der Waals surface area (Å²) in [5.74, 6) is -2.32. The zero-order valence-corrected chi connectivity index (χ0v) is 24.6. The summed E-state index contributed by atoms with van der Waals surface area (Å²) in [6.45, 7) is 9.63. The van der Waals surface area contributed by atoms with Crippen LogP contribution >= 0.6 is 11.8 Å². The second-order valence-electron chi connectivity index (χ2n) is 10.1. The number of aliphatic carboxylic acids is 1. The van der Waals surface area contributed by atoms with Crippen LogP contribution in [0, 0.1) is 25.1 Å². The van der Waals surface area contributed by atoms with Gasteiger partial charge >= 0.3 is 5.97 Å². The predicted octanol–water partition coefficient (Wildman–Crippen LogP) is 7.63. The molecule has 2 N–H and O–H groups in total. The normalized spacial score (nSPS) is 11.4. The van der Waals surface area contributed by atoms with Gasteiger partial charge in [-0.2, -0.15) is 11.8 Å². The summed E-state index contributed by atoms with van der Waals surface area (Å²) in [5.41, 5.74) is 5.04. The largest absolute Gasteiger partial charge is 0.480 e. The Hall–Kier alpha value is -4.68. The van der Waals surface area contributed by atoms with Crippen LogP contribution < -0.4 is 10.2 Å². The lowest BCUT2D eigenvalue weighted by Crippen LogP contribution is -2.41.